The predicted molar refractivity (Wildman–Crippen MR) is 35.5 cm³/mol. The summed E-state index contributed by atoms with van der Waals surface area (Å²) in [5.41, 5.74) is 2.79. The second-order valence-corrected chi connectivity index (χ2v) is 7.40. The van der Waals surface area contributed by atoms with Gasteiger partial charge in [0, 0.05) is 0 Å². The van der Waals surface area contributed by atoms with Gasteiger partial charge in [-0.25, -0.2) is 0 Å². The number of alkyl halides is 4. The Kier molecular flexibility index (Phi) is 2.06. The molecule has 1 aliphatic rings. The standard InChI is InChI=1S/C6H6AsF5/c1-7(2)3-4(8)6(11,12)5(3,9)10/h1-2H3. The summed E-state index contributed by atoms with van der Waals surface area (Å²) >= 11 is -2.23. The van der Waals surface area contributed by atoms with Crippen molar-refractivity contribution in [3.63, 3.8) is 0 Å². The minimum absolute atomic E-state index is 0.931. The minimum atomic E-state index is -4.55. The first-order chi connectivity index (χ1) is 5.23. The van der Waals surface area contributed by atoms with E-state index in [-0.39, 0.29) is 0 Å². The average Bonchev–Trinajstić information content (AvgIpc) is 1.85. The monoisotopic (exact) mass is 248 g/mol. The van der Waals surface area contributed by atoms with E-state index in [1.165, 1.54) is 11.4 Å². The number of allylic oxidation sites excluding steroid dienone is 2. The van der Waals surface area contributed by atoms with E-state index in [1.54, 1.807) is 0 Å². The third kappa shape index (κ3) is 0.951. The maximum absolute atomic E-state index is 12.5. The Morgan fingerprint density at radius 1 is 1.00 bits per heavy atom. The number of hydrogen-bond acceptors (Lipinski definition) is 0. The summed E-state index contributed by atoms with van der Waals surface area (Å²) in [6.45, 7) is 0. The van der Waals surface area contributed by atoms with Gasteiger partial charge in [-0.15, -0.1) is 0 Å². The summed E-state index contributed by atoms with van der Waals surface area (Å²) in [6.07, 6.45) is 0. The molecule has 70 valence electrons. The summed E-state index contributed by atoms with van der Waals surface area (Å²) in [7, 11) is 0. The topological polar surface area (TPSA) is 0 Å². The van der Waals surface area contributed by atoms with E-state index in [0.717, 1.165) is 0 Å². The molecule has 0 saturated heterocycles. The quantitative estimate of drug-likeness (QED) is 0.494. The average molecular weight is 248 g/mol. The normalized spacial score (nSPS) is 26.0. The molecule has 1 rings (SSSR count). The van der Waals surface area contributed by atoms with Gasteiger partial charge in [0.15, 0.2) is 0 Å². The van der Waals surface area contributed by atoms with Gasteiger partial charge in [0.25, 0.3) is 0 Å². The van der Waals surface area contributed by atoms with E-state index in [1.807, 2.05) is 0 Å². The van der Waals surface area contributed by atoms with Crippen molar-refractivity contribution < 1.29 is 22.0 Å². The van der Waals surface area contributed by atoms with E-state index in [4.69, 9.17) is 0 Å². The van der Waals surface area contributed by atoms with E-state index < -0.39 is 36.7 Å². The van der Waals surface area contributed by atoms with Crippen LogP contribution in [0.2, 0.25) is 11.4 Å². The summed E-state index contributed by atoms with van der Waals surface area (Å²) in [4.78, 5) is 0. The zero-order valence-corrected chi connectivity index (χ0v) is 8.21. The SMILES string of the molecule is C[As](C)C1=C(F)C(F)(F)C1(F)F. The maximum atomic E-state index is 12.5. The molecule has 0 aromatic rings. The Hall–Kier alpha value is -0.0516. The van der Waals surface area contributed by atoms with Gasteiger partial charge in [-0.3, -0.25) is 0 Å². The fourth-order valence-electron chi connectivity index (χ4n) is 0.988. The molecule has 0 atom stereocenters. The molecule has 0 aromatic carbocycles. The molecule has 0 fully saturated rings. The van der Waals surface area contributed by atoms with E-state index in [0.29, 0.717) is 0 Å². The Bertz CT molecular complexity index is 242. The van der Waals surface area contributed by atoms with Crippen LogP contribution in [-0.2, 0) is 0 Å². The molecule has 0 nitrogen and oxygen atoms in total. The molecule has 0 N–H and O–H groups in total. The van der Waals surface area contributed by atoms with Crippen molar-refractivity contribution in [2.45, 2.75) is 23.3 Å². The molecular formula is C6H6AsF5. The van der Waals surface area contributed by atoms with Crippen LogP contribution in [0.5, 0.6) is 0 Å². The molecule has 12 heavy (non-hydrogen) atoms. The van der Waals surface area contributed by atoms with Crippen LogP contribution < -0.4 is 0 Å². The molecule has 0 unspecified atom stereocenters. The van der Waals surface area contributed by atoms with Crippen molar-refractivity contribution in [1.29, 1.82) is 0 Å². The van der Waals surface area contributed by atoms with Crippen LogP contribution in [0.4, 0.5) is 22.0 Å². The molecule has 0 amide bonds. The van der Waals surface area contributed by atoms with Crippen molar-refractivity contribution in [2.75, 3.05) is 0 Å². The molecule has 0 radical (unpaired) electrons. The number of rotatable bonds is 1. The van der Waals surface area contributed by atoms with Crippen molar-refractivity contribution in [3.05, 3.63) is 10.2 Å². The van der Waals surface area contributed by atoms with Crippen LogP contribution in [0.25, 0.3) is 0 Å². The van der Waals surface area contributed by atoms with Gasteiger partial charge in [-0.1, -0.05) is 0 Å². The molecule has 0 aromatic heterocycles. The predicted octanol–water partition coefficient (Wildman–Crippen LogP) is 2.79. The van der Waals surface area contributed by atoms with E-state index >= 15 is 0 Å². The van der Waals surface area contributed by atoms with Gasteiger partial charge in [0.2, 0.25) is 0 Å². The zero-order valence-electron chi connectivity index (χ0n) is 6.34. The fourth-order valence-corrected chi connectivity index (χ4v) is 3.58. The van der Waals surface area contributed by atoms with Crippen LogP contribution in [0, 0.1) is 0 Å². The fraction of sp³-hybridized carbons (Fsp3) is 0.667. The van der Waals surface area contributed by atoms with Crippen molar-refractivity contribution in [1.82, 2.24) is 0 Å². The van der Waals surface area contributed by atoms with Crippen molar-refractivity contribution >= 4 is 14.7 Å². The van der Waals surface area contributed by atoms with Gasteiger partial charge >= 0.3 is 70.1 Å². The first-order valence-electron chi connectivity index (χ1n) is 3.06. The molecule has 0 spiro atoms. The first-order valence-corrected chi connectivity index (χ1v) is 7.75. The number of halogens is 5. The Morgan fingerprint density at radius 3 is 1.58 bits per heavy atom. The van der Waals surface area contributed by atoms with Crippen molar-refractivity contribution in [3.8, 4) is 0 Å². The van der Waals surface area contributed by atoms with Gasteiger partial charge in [0.1, 0.15) is 0 Å². The summed E-state index contributed by atoms with van der Waals surface area (Å²) < 4.78 is 60.7. The van der Waals surface area contributed by atoms with Gasteiger partial charge in [0.05, 0.1) is 0 Å². The first kappa shape index (κ1) is 10.0. The molecule has 0 bridgehead atoms. The van der Waals surface area contributed by atoms with Gasteiger partial charge < -0.3 is 0 Å². The summed E-state index contributed by atoms with van der Waals surface area (Å²) in [6, 6.07) is 0. The third-order valence-electron chi connectivity index (χ3n) is 1.62. The summed E-state index contributed by atoms with van der Waals surface area (Å²) in [5, 5.41) is 0. The second kappa shape index (κ2) is 2.47. The van der Waals surface area contributed by atoms with Crippen LogP contribution in [-0.4, -0.2) is 26.5 Å². The molecule has 1 aliphatic carbocycles. The molecule has 0 saturated carbocycles. The Balaban J connectivity index is 3.12. The Morgan fingerprint density at radius 2 is 1.42 bits per heavy atom. The molecular weight excluding hydrogens is 242 g/mol. The van der Waals surface area contributed by atoms with Crippen LogP contribution >= 0.6 is 0 Å². The zero-order chi connectivity index (χ0) is 9.73. The van der Waals surface area contributed by atoms with Crippen LogP contribution in [0.1, 0.15) is 0 Å². The Labute approximate surface area is 70.7 Å². The molecule has 6 heteroatoms. The number of hydrogen-bond donors (Lipinski definition) is 0. The van der Waals surface area contributed by atoms with Crippen LogP contribution in [0.3, 0.4) is 0 Å². The third-order valence-corrected chi connectivity index (χ3v) is 4.50. The van der Waals surface area contributed by atoms with Gasteiger partial charge in [-0.05, 0) is 0 Å². The summed E-state index contributed by atoms with van der Waals surface area (Å²) in [5.74, 6) is -10.7. The van der Waals surface area contributed by atoms with E-state index in [2.05, 4.69) is 0 Å². The van der Waals surface area contributed by atoms with Crippen molar-refractivity contribution in [2.24, 2.45) is 0 Å². The van der Waals surface area contributed by atoms with Gasteiger partial charge in [-0.2, -0.15) is 0 Å². The van der Waals surface area contributed by atoms with Crippen LogP contribution in [0.15, 0.2) is 10.2 Å². The molecule has 0 heterocycles. The van der Waals surface area contributed by atoms with E-state index in [9.17, 15) is 22.0 Å². The molecule has 0 aliphatic heterocycles. The second-order valence-electron chi connectivity index (χ2n) is 2.71.